The molecule has 4 aromatic rings. The van der Waals surface area contributed by atoms with Crippen LogP contribution in [0, 0.1) is 0 Å². The van der Waals surface area contributed by atoms with Crippen molar-refractivity contribution in [3.8, 4) is 11.5 Å². The van der Waals surface area contributed by atoms with Crippen LogP contribution in [0.1, 0.15) is 18.1 Å². The molecule has 0 saturated carbocycles. The Hall–Kier alpha value is -3.83. The molecule has 1 amide bonds. The van der Waals surface area contributed by atoms with Crippen LogP contribution < -0.4 is 14.9 Å². The second kappa shape index (κ2) is 10.7. The van der Waals surface area contributed by atoms with Gasteiger partial charge in [0.1, 0.15) is 18.1 Å². The maximum Gasteiger partial charge on any atom is 0.280 e. The summed E-state index contributed by atoms with van der Waals surface area (Å²) in [7, 11) is 0. The van der Waals surface area contributed by atoms with Gasteiger partial charge in [-0.25, -0.2) is 5.43 Å². The zero-order valence-corrected chi connectivity index (χ0v) is 18.8. The molecule has 0 aliphatic heterocycles. The van der Waals surface area contributed by atoms with Crippen molar-refractivity contribution in [2.45, 2.75) is 19.6 Å². The van der Waals surface area contributed by atoms with Gasteiger partial charge in [0.25, 0.3) is 5.91 Å². The summed E-state index contributed by atoms with van der Waals surface area (Å²) < 4.78 is 11.6. The Morgan fingerprint density at radius 2 is 1.70 bits per heavy atom. The van der Waals surface area contributed by atoms with Gasteiger partial charge in [-0.1, -0.05) is 60.1 Å². The molecular formula is C27H23ClN2O3. The van der Waals surface area contributed by atoms with Gasteiger partial charge in [-0.2, -0.15) is 5.10 Å². The normalized spacial score (nSPS) is 11.9. The summed E-state index contributed by atoms with van der Waals surface area (Å²) in [5.74, 6) is 1.07. The number of halogens is 1. The van der Waals surface area contributed by atoms with Crippen LogP contribution in [0.3, 0.4) is 0 Å². The first kappa shape index (κ1) is 22.4. The van der Waals surface area contributed by atoms with Gasteiger partial charge in [-0.15, -0.1) is 0 Å². The Morgan fingerprint density at radius 1 is 0.970 bits per heavy atom. The van der Waals surface area contributed by atoms with Crippen LogP contribution in [-0.4, -0.2) is 18.2 Å². The van der Waals surface area contributed by atoms with E-state index in [0.29, 0.717) is 17.4 Å². The Labute approximate surface area is 197 Å². The van der Waals surface area contributed by atoms with Crippen molar-refractivity contribution in [1.29, 1.82) is 0 Å². The summed E-state index contributed by atoms with van der Waals surface area (Å²) in [6, 6.07) is 28.6. The highest BCUT2D eigenvalue weighted by atomic mass is 35.5. The first-order valence-corrected chi connectivity index (χ1v) is 10.9. The van der Waals surface area contributed by atoms with Crippen LogP contribution in [-0.2, 0) is 11.4 Å². The average molecular weight is 459 g/mol. The number of carbonyl (C=O) groups is 1. The second-order valence-corrected chi connectivity index (χ2v) is 7.89. The van der Waals surface area contributed by atoms with Gasteiger partial charge in [0.2, 0.25) is 0 Å². The first-order chi connectivity index (χ1) is 16.1. The lowest BCUT2D eigenvalue weighted by molar-refractivity contribution is -0.127. The number of fused-ring (bicyclic) bond motifs is 1. The number of nitrogens with one attached hydrogen (secondary N) is 1. The molecule has 0 heterocycles. The number of hydrazone groups is 1. The van der Waals surface area contributed by atoms with Gasteiger partial charge >= 0.3 is 0 Å². The Balaban J connectivity index is 1.28. The zero-order chi connectivity index (χ0) is 23.0. The molecule has 0 aliphatic carbocycles. The molecule has 4 rings (SSSR count). The minimum atomic E-state index is -0.698. The van der Waals surface area contributed by atoms with Crippen molar-refractivity contribution >= 4 is 34.5 Å². The van der Waals surface area contributed by atoms with Crippen LogP contribution in [0.25, 0.3) is 10.8 Å². The summed E-state index contributed by atoms with van der Waals surface area (Å²) in [5, 5.41) is 6.75. The molecule has 0 aliphatic rings. The van der Waals surface area contributed by atoms with Crippen LogP contribution in [0.5, 0.6) is 11.5 Å². The van der Waals surface area contributed by atoms with Crippen LogP contribution in [0.2, 0.25) is 5.02 Å². The molecule has 166 valence electrons. The van der Waals surface area contributed by atoms with E-state index in [-0.39, 0.29) is 5.91 Å². The maximum absolute atomic E-state index is 12.4. The topological polar surface area (TPSA) is 59.9 Å². The van der Waals surface area contributed by atoms with Gasteiger partial charge in [-0.3, -0.25) is 4.79 Å². The van der Waals surface area contributed by atoms with E-state index in [1.54, 1.807) is 13.1 Å². The summed E-state index contributed by atoms with van der Waals surface area (Å²) in [6.07, 6.45) is 0.877. The van der Waals surface area contributed by atoms with Gasteiger partial charge in [0.15, 0.2) is 6.10 Å². The lowest BCUT2D eigenvalue weighted by Crippen LogP contribution is -2.33. The zero-order valence-electron chi connectivity index (χ0n) is 18.1. The van der Waals surface area contributed by atoms with E-state index < -0.39 is 6.10 Å². The fourth-order valence-electron chi connectivity index (χ4n) is 3.20. The summed E-state index contributed by atoms with van der Waals surface area (Å²) in [5.41, 5.74) is 4.39. The van der Waals surface area contributed by atoms with Crippen LogP contribution in [0.15, 0.2) is 96.1 Å². The maximum atomic E-state index is 12.4. The summed E-state index contributed by atoms with van der Waals surface area (Å²) >= 11 is 5.90. The molecule has 1 atom stereocenters. The van der Waals surface area contributed by atoms with Gasteiger partial charge in [-0.05, 0) is 65.9 Å². The summed E-state index contributed by atoms with van der Waals surface area (Å²) in [4.78, 5) is 12.4. The Morgan fingerprint density at radius 3 is 2.48 bits per heavy atom. The number of benzene rings is 4. The molecule has 0 radical (unpaired) electrons. The molecule has 0 spiro atoms. The van der Waals surface area contributed by atoms with Crippen LogP contribution >= 0.6 is 11.6 Å². The van der Waals surface area contributed by atoms with Gasteiger partial charge in [0, 0.05) is 10.4 Å². The number of rotatable bonds is 8. The van der Waals surface area contributed by atoms with Crippen molar-refractivity contribution in [3.05, 3.63) is 107 Å². The van der Waals surface area contributed by atoms with Crippen molar-refractivity contribution in [3.63, 3.8) is 0 Å². The molecule has 0 saturated heterocycles. The largest absolute Gasteiger partial charge is 0.489 e. The number of hydrogen-bond acceptors (Lipinski definition) is 4. The Kier molecular flexibility index (Phi) is 7.22. The quantitative estimate of drug-likeness (QED) is 0.260. The smallest absolute Gasteiger partial charge is 0.280 e. The van der Waals surface area contributed by atoms with E-state index in [4.69, 9.17) is 21.1 Å². The van der Waals surface area contributed by atoms with Gasteiger partial charge < -0.3 is 9.47 Å². The van der Waals surface area contributed by atoms with E-state index in [2.05, 4.69) is 10.5 Å². The van der Waals surface area contributed by atoms with Gasteiger partial charge in [0.05, 0.1) is 6.21 Å². The molecule has 6 heteroatoms. The lowest BCUT2D eigenvalue weighted by atomic mass is 10.1. The monoisotopic (exact) mass is 458 g/mol. The van der Waals surface area contributed by atoms with Crippen molar-refractivity contribution in [2.24, 2.45) is 5.10 Å². The highest BCUT2D eigenvalue weighted by molar-refractivity contribution is 6.30. The van der Waals surface area contributed by atoms with Crippen molar-refractivity contribution < 1.29 is 14.3 Å². The summed E-state index contributed by atoms with van der Waals surface area (Å²) in [6.45, 7) is 2.15. The molecule has 5 nitrogen and oxygen atoms in total. The third-order valence-corrected chi connectivity index (χ3v) is 5.26. The second-order valence-electron chi connectivity index (χ2n) is 7.46. The highest BCUT2D eigenvalue weighted by Gasteiger charge is 2.15. The Bertz CT molecular complexity index is 1250. The number of nitrogens with zero attached hydrogens (tertiary/aromatic N) is 1. The molecule has 0 bridgehead atoms. The molecular weight excluding hydrogens is 436 g/mol. The highest BCUT2D eigenvalue weighted by Crippen LogP contribution is 2.26. The number of amides is 1. The third kappa shape index (κ3) is 6.11. The fraction of sp³-hybridized carbons (Fsp3) is 0.111. The van der Waals surface area contributed by atoms with Crippen molar-refractivity contribution in [2.75, 3.05) is 0 Å². The fourth-order valence-corrected chi connectivity index (χ4v) is 3.33. The van der Waals surface area contributed by atoms with E-state index in [0.717, 1.165) is 27.6 Å². The van der Waals surface area contributed by atoms with E-state index >= 15 is 0 Å². The lowest BCUT2D eigenvalue weighted by Gasteiger charge is -2.14. The first-order valence-electron chi connectivity index (χ1n) is 10.5. The minimum absolute atomic E-state index is 0.331. The predicted octanol–water partition coefficient (Wildman–Crippen LogP) is 5.99. The molecule has 1 unspecified atom stereocenters. The predicted molar refractivity (Wildman–Crippen MR) is 132 cm³/mol. The van der Waals surface area contributed by atoms with E-state index in [9.17, 15) is 4.79 Å². The molecule has 1 N–H and O–H groups in total. The number of carbonyl (C=O) groups excluding carboxylic acids is 1. The molecule has 0 fully saturated rings. The average Bonchev–Trinajstić information content (AvgIpc) is 2.84. The number of hydrogen-bond donors (Lipinski definition) is 1. The van der Waals surface area contributed by atoms with Crippen LogP contribution in [0.4, 0.5) is 0 Å². The van der Waals surface area contributed by atoms with E-state index in [1.807, 2.05) is 91.0 Å². The molecule has 0 aromatic heterocycles. The standard InChI is InChI=1S/C27H23ClN2O3/c1-19(33-26-8-4-6-22-5-2-3-7-25(22)26)27(31)30-29-17-20-11-15-24(16-12-20)32-18-21-9-13-23(28)14-10-21/h2-17,19H,18H2,1H3,(H,30,31)/b29-17+. The molecule has 33 heavy (non-hydrogen) atoms. The molecule has 4 aromatic carbocycles. The third-order valence-electron chi connectivity index (χ3n) is 5.01. The minimum Gasteiger partial charge on any atom is -0.489 e. The van der Waals surface area contributed by atoms with Crippen molar-refractivity contribution in [1.82, 2.24) is 5.43 Å². The SMILES string of the molecule is CC(Oc1cccc2ccccc12)C(=O)N/N=C/c1ccc(OCc2ccc(Cl)cc2)cc1. The van der Waals surface area contributed by atoms with E-state index in [1.165, 1.54) is 0 Å². The number of ether oxygens (including phenoxy) is 2.